The van der Waals surface area contributed by atoms with Gasteiger partial charge in [-0.15, -0.1) is 0 Å². The van der Waals surface area contributed by atoms with Gasteiger partial charge in [0.25, 0.3) is 0 Å². The number of ether oxygens (including phenoxy) is 2. The largest absolute Gasteiger partial charge is 0.463 e. The first-order chi connectivity index (χ1) is 13.2. The summed E-state index contributed by atoms with van der Waals surface area (Å²) in [5.74, 6) is -3.30. The zero-order valence-corrected chi connectivity index (χ0v) is 17.2. The summed E-state index contributed by atoms with van der Waals surface area (Å²) in [5.41, 5.74) is -3.72. The number of aliphatic hydroxyl groups is 1. The van der Waals surface area contributed by atoms with Gasteiger partial charge in [0.1, 0.15) is 0 Å². The molecule has 0 saturated carbocycles. The third-order valence-electron chi connectivity index (χ3n) is 3.76. The van der Waals surface area contributed by atoms with Crippen LogP contribution in [0, 0.1) is 0 Å². The molecule has 10 heteroatoms. The van der Waals surface area contributed by atoms with E-state index in [1.54, 1.807) is 6.07 Å². The summed E-state index contributed by atoms with van der Waals surface area (Å²) in [6, 6.07) is 6.72. The van der Waals surface area contributed by atoms with Crippen molar-refractivity contribution in [2.75, 3.05) is 26.4 Å². The van der Waals surface area contributed by atoms with Gasteiger partial charge in [0.05, 0.1) is 26.4 Å². The molecule has 8 nitrogen and oxygen atoms in total. The topological polar surface area (TPSA) is 108 Å². The van der Waals surface area contributed by atoms with E-state index in [4.69, 9.17) is 18.5 Å². The molecule has 0 spiro atoms. The summed E-state index contributed by atoms with van der Waals surface area (Å²) < 4.78 is 49.5. The zero-order valence-electron chi connectivity index (χ0n) is 16.3. The molecule has 28 heavy (non-hydrogen) atoms. The van der Waals surface area contributed by atoms with E-state index in [0.29, 0.717) is 0 Å². The van der Waals surface area contributed by atoms with E-state index < -0.39 is 30.5 Å². The molecule has 0 aliphatic carbocycles. The lowest BCUT2D eigenvalue weighted by molar-refractivity contribution is -0.192. The van der Waals surface area contributed by atoms with E-state index in [2.05, 4.69) is 0 Å². The summed E-state index contributed by atoms with van der Waals surface area (Å²) in [6.07, 6.45) is 0. The number of carbonyl (C=O) groups excluding carboxylic acids is 2. The first-order valence-corrected chi connectivity index (χ1v) is 10.4. The minimum absolute atomic E-state index is 0.236. The van der Waals surface area contributed by atoms with Crippen LogP contribution in [0.15, 0.2) is 30.3 Å². The van der Waals surface area contributed by atoms with Gasteiger partial charge < -0.3 is 23.6 Å². The van der Waals surface area contributed by atoms with Crippen LogP contribution < -0.4 is 0 Å². The fraction of sp³-hybridized carbons (Fsp3) is 0.556. The molecule has 1 aromatic carbocycles. The number of halogens is 1. The Morgan fingerprint density at radius 2 is 1.39 bits per heavy atom. The molecule has 2 atom stereocenters. The number of carbonyl (C=O) groups is 2. The lowest BCUT2D eigenvalue weighted by Gasteiger charge is -2.40. The maximum Gasteiger partial charge on any atom is 0.383 e. The van der Waals surface area contributed by atoms with E-state index in [1.165, 1.54) is 52.0 Å². The quantitative estimate of drug-likeness (QED) is 0.430. The standard InChI is InChI=1S/C18H26FO8P/c1-5-24-15(20)17(22,14-12-10-9-11-13-14)18(19,16(21)25-6-2)28(23,26-7-3)27-8-4/h9-13,22H,5-8H2,1-4H3. The molecule has 0 amide bonds. The van der Waals surface area contributed by atoms with E-state index in [0.717, 1.165) is 0 Å². The molecular formula is C18H26FO8P. The van der Waals surface area contributed by atoms with Crippen LogP contribution in [-0.4, -0.2) is 48.9 Å². The van der Waals surface area contributed by atoms with Crippen LogP contribution in [0.3, 0.4) is 0 Å². The molecule has 0 fully saturated rings. The van der Waals surface area contributed by atoms with Crippen molar-refractivity contribution in [1.29, 1.82) is 0 Å². The van der Waals surface area contributed by atoms with Crippen molar-refractivity contribution in [3.8, 4) is 0 Å². The Kier molecular flexibility index (Phi) is 8.75. The third kappa shape index (κ3) is 4.12. The lowest BCUT2D eigenvalue weighted by atomic mass is 9.88. The average Bonchev–Trinajstić information content (AvgIpc) is 2.67. The lowest BCUT2D eigenvalue weighted by Crippen LogP contribution is -2.60. The number of hydrogen-bond acceptors (Lipinski definition) is 8. The smallest absolute Gasteiger partial charge is 0.383 e. The first-order valence-electron chi connectivity index (χ1n) is 8.89. The number of rotatable bonds is 11. The maximum absolute atomic E-state index is 16.6. The molecule has 0 bridgehead atoms. The van der Waals surface area contributed by atoms with Gasteiger partial charge in [-0.3, -0.25) is 4.57 Å². The second-order valence-corrected chi connectivity index (χ2v) is 7.60. The fourth-order valence-electron chi connectivity index (χ4n) is 2.60. The molecule has 0 heterocycles. The van der Waals surface area contributed by atoms with E-state index in [1.807, 2.05) is 0 Å². The highest BCUT2D eigenvalue weighted by molar-refractivity contribution is 7.56. The highest BCUT2D eigenvalue weighted by Gasteiger charge is 2.76. The molecule has 158 valence electrons. The van der Waals surface area contributed by atoms with Crippen molar-refractivity contribution in [3.05, 3.63) is 35.9 Å². The molecule has 2 unspecified atom stereocenters. The van der Waals surface area contributed by atoms with E-state index in [9.17, 15) is 19.3 Å². The van der Waals surface area contributed by atoms with Gasteiger partial charge in [-0.1, -0.05) is 30.3 Å². The normalized spacial score (nSPS) is 15.9. The molecule has 0 aliphatic heterocycles. The van der Waals surface area contributed by atoms with Gasteiger partial charge in [-0.25, -0.2) is 14.0 Å². The van der Waals surface area contributed by atoms with Crippen LogP contribution in [0.1, 0.15) is 33.3 Å². The van der Waals surface area contributed by atoms with Crippen molar-refractivity contribution in [2.24, 2.45) is 0 Å². The number of benzene rings is 1. The predicted octanol–water partition coefficient (Wildman–Crippen LogP) is 2.93. The number of hydrogen-bond donors (Lipinski definition) is 1. The van der Waals surface area contributed by atoms with Gasteiger partial charge in [-0.05, 0) is 33.3 Å². The van der Waals surface area contributed by atoms with Crippen LogP contribution >= 0.6 is 7.60 Å². The van der Waals surface area contributed by atoms with Crippen LogP contribution in [-0.2, 0) is 38.3 Å². The monoisotopic (exact) mass is 420 g/mol. The van der Waals surface area contributed by atoms with E-state index in [-0.39, 0.29) is 32.0 Å². The fourth-order valence-corrected chi connectivity index (χ4v) is 4.61. The second kappa shape index (κ2) is 10.1. The van der Waals surface area contributed by atoms with Gasteiger partial charge in [0, 0.05) is 0 Å². The molecule has 1 rings (SSSR count). The molecule has 0 aliphatic rings. The van der Waals surface area contributed by atoms with Gasteiger partial charge in [0.2, 0.25) is 5.60 Å². The summed E-state index contributed by atoms with van der Waals surface area (Å²) in [5, 5.41) is 7.38. The Hall–Kier alpha value is -1.80. The molecule has 0 radical (unpaired) electrons. The third-order valence-corrected chi connectivity index (χ3v) is 6.22. The van der Waals surface area contributed by atoms with Gasteiger partial charge in [0.15, 0.2) is 0 Å². The minimum Gasteiger partial charge on any atom is -0.463 e. The van der Waals surface area contributed by atoms with Crippen LogP contribution in [0.5, 0.6) is 0 Å². The Labute approximate surface area is 163 Å². The number of esters is 2. The summed E-state index contributed by atoms with van der Waals surface area (Å²) in [4.78, 5) is 25.4. The Morgan fingerprint density at radius 3 is 1.82 bits per heavy atom. The first kappa shape index (κ1) is 24.2. The minimum atomic E-state index is -5.08. The van der Waals surface area contributed by atoms with Crippen molar-refractivity contribution in [1.82, 2.24) is 0 Å². The van der Waals surface area contributed by atoms with Gasteiger partial charge in [-0.2, -0.15) is 0 Å². The summed E-state index contributed by atoms with van der Waals surface area (Å²) in [7, 11) is -5.08. The van der Waals surface area contributed by atoms with Gasteiger partial charge >= 0.3 is 24.9 Å². The highest BCUT2D eigenvalue weighted by atomic mass is 31.2. The van der Waals surface area contributed by atoms with Crippen molar-refractivity contribution >= 4 is 19.5 Å². The van der Waals surface area contributed by atoms with E-state index >= 15 is 4.39 Å². The SMILES string of the molecule is CCOC(=O)C(O)(c1ccccc1)C(F)(C(=O)OCC)P(=O)(OCC)OCC. The Morgan fingerprint density at radius 1 is 0.929 bits per heavy atom. The summed E-state index contributed by atoms with van der Waals surface area (Å²) in [6.45, 7) is 4.41. The van der Waals surface area contributed by atoms with Crippen LogP contribution in [0.2, 0.25) is 0 Å². The molecule has 1 N–H and O–H groups in total. The van der Waals surface area contributed by atoms with Crippen LogP contribution in [0.4, 0.5) is 4.39 Å². The number of alkyl halides is 1. The highest BCUT2D eigenvalue weighted by Crippen LogP contribution is 2.67. The summed E-state index contributed by atoms with van der Waals surface area (Å²) >= 11 is 0. The zero-order chi connectivity index (χ0) is 21.4. The van der Waals surface area contributed by atoms with Crippen molar-refractivity contribution in [3.63, 3.8) is 0 Å². The molecular weight excluding hydrogens is 394 g/mol. The molecule has 0 aromatic heterocycles. The molecule has 1 aromatic rings. The Bertz CT molecular complexity index is 703. The van der Waals surface area contributed by atoms with Crippen molar-refractivity contribution in [2.45, 2.75) is 38.7 Å². The second-order valence-electron chi connectivity index (χ2n) is 5.47. The maximum atomic E-state index is 16.6. The molecule has 0 saturated heterocycles. The van der Waals surface area contributed by atoms with Crippen molar-refractivity contribution < 1.29 is 42.2 Å². The predicted molar refractivity (Wildman–Crippen MR) is 98.3 cm³/mol. The Balaban J connectivity index is 3.90. The average molecular weight is 420 g/mol. The van der Waals surface area contributed by atoms with Crippen LogP contribution in [0.25, 0.3) is 0 Å².